The lowest BCUT2D eigenvalue weighted by atomic mass is 9.99. The second kappa shape index (κ2) is 9.39. The Morgan fingerprint density at radius 3 is 2.69 bits per heavy atom. The Balaban J connectivity index is 1.58. The van der Waals surface area contributed by atoms with Crippen LogP contribution in [-0.4, -0.2) is 74.3 Å². The van der Waals surface area contributed by atoms with Crippen LogP contribution in [-0.2, 0) is 22.4 Å². The molecule has 0 aliphatic carbocycles. The van der Waals surface area contributed by atoms with E-state index in [4.69, 9.17) is 15.2 Å². The van der Waals surface area contributed by atoms with Gasteiger partial charge in [0.1, 0.15) is 36.1 Å². The number of anilines is 1. The maximum atomic E-state index is 10.0. The predicted molar refractivity (Wildman–Crippen MR) is 103 cm³/mol. The summed E-state index contributed by atoms with van der Waals surface area (Å²) in [5, 5.41) is 38.9. The van der Waals surface area contributed by atoms with Gasteiger partial charge in [-0.3, -0.25) is 0 Å². The molecule has 1 aliphatic heterocycles. The van der Waals surface area contributed by atoms with Crippen molar-refractivity contribution < 1.29 is 34.5 Å². The van der Waals surface area contributed by atoms with Crippen LogP contribution in [0.2, 0.25) is 0 Å². The van der Waals surface area contributed by atoms with Crippen LogP contribution in [0.3, 0.4) is 0 Å². The number of aryl methyl sites for hydroxylation is 1. The van der Waals surface area contributed by atoms with Crippen molar-refractivity contribution in [3.8, 4) is 0 Å². The number of nitrogen functional groups attached to an aromatic ring is 1. The summed E-state index contributed by atoms with van der Waals surface area (Å²) in [5.41, 5.74) is 9.84. The molecule has 2 aromatic heterocycles. The van der Waals surface area contributed by atoms with Crippen molar-refractivity contribution in [3.05, 3.63) is 33.7 Å². The lowest BCUT2D eigenvalue weighted by molar-refractivity contribution is -0.689. The molecule has 5 atom stereocenters. The van der Waals surface area contributed by atoms with E-state index in [1.807, 2.05) is 12.4 Å². The molecule has 11 heteroatoms. The van der Waals surface area contributed by atoms with E-state index in [-0.39, 0.29) is 6.61 Å². The average Bonchev–Trinajstić information content (AvgIpc) is 3.03. The van der Waals surface area contributed by atoms with Gasteiger partial charge in [-0.1, -0.05) is 11.3 Å². The molecule has 0 radical (unpaired) electrons. The number of aliphatic hydroxyl groups is 4. The molecular formula is C18H27N4O6S+. The van der Waals surface area contributed by atoms with Crippen LogP contribution in [0.4, 0.5) is 5.82 Å². The Morgan fingerprint density at radius 2 is 2.00 bits per heavy atom. The van der Waals surface area contributed by atoms with Crippen LogP contribution >= 0.6 is 11.3 Å². The molecule has 1 saturated heterocycles. The van der Waals surface area contributed by atoms with Gasteiger partial charge < -0.3 is 35.6 Å². The summed E-state index contributed by atoms with van der Waals surface area (Å²) in [6.45, 7) is 4.09. The molecule has 5 unspecified atom stereocenters. The summed E-state index contributed by atoms with van der Waals surface area (Å²) in [4.78, 5) is 9.46. The highest BCUT2D eigenvalue weighted by atomic mass is 32.1. The van der Waals surface area contributed by atoms with E-state index < -0.39 is 37.3 Å². The number of aromatic nitrogens is 3. The molecule has 0 spiro atoms. The van der Waals surface area contributed by atoms with Gasteiger partial charge in [-0.05, 0) is 6.92 Å². The summed E-state index contributed by atoms with van der Waals surface area (Å²) in [6.07, 6.45) is -4.05. The minimum Gasteiger partial charge on any atom is -0.394 e. The van der Waals surface area contributed by atoms with Gasteiger partial charge in [0.2, 0.25) is 5.51 Å². The Labute approximate surface area is 172 Å². The third kappa shape index (κ3) is 4.89. The lowest BCUT2D eigenvalue weighted by Crippen LogP contribution is -2.59. The highest BCUT2D eigenvalue weighted by Crippen LogP contribution is 2.22. The molecule has 0 amide bonds. The number of nitrogens with two attached hydrogens (primary N) is 1. The SMILES string of the molecule is Cc1ncc(C[n+]2csc(CCOC3OC(CO)C(O)C(O)C3O)c2C)c(N)n1. The Bertz CT molecular complexity index is 833. The fourth-order valence-corrected chi connectivity index (χ4v) is 4.11. The molecule has 2 aromatic rings. The van der Waals surface area contributed by atoms with Crippen molar-refractivity contribution in [2.75, 3.05) is 18.9 Å². The first kappa shape index (κ1) is 22.0. The van der Waals surface area contributed by atoms with Crippen LogP contribution < -0.4 is 10.3 Å². The van der Waals surface area contributed by atoms with Crippen LogP contribution in [0.5, 0.6) is 0 Å². The maximum absolute atomic E-state index is 10.0. The number of nitrogens with zero attached hydrogens (tertiary/aromatic N) is 3. The number of hydrogen-bond acceptors (Lipinski definition) is 10. The van der Waals surface area contributed by atoms with Crippen molar-refractivity contribution in [1.82, 2.24) is 9.97 Å². The largest absolute Gasteiger partial charge is 0.394 e. The van der Waals surface area contributed by atoms with E-state index in [0.717, 1.165) is 16.1 Å². The molecule has 10 nitrogen and oxygen atoms in total. The second-order valence-electron chi connectivity index (χ2n) is 7.01. The fraction of sp³-hybridized carbons (Fsp3) is 0.611. The number of rotatable bonds is 7. The highest BCUT2D eigenvalue weighted by molar-refractivity contribution is 7.09. The molecule has 0 saturated carbocycles. The van der Waals surface area contributed by atoms with E-state index in [1.165, 1.54) is 0 Å². The first-order chi connectivity index (χ1) is 13.8. The average molecular weight is 428 g/mol. The van der Waals surface area contributed by atoms with Crippen molar-refractivity contribution >= 4 is 17.2 Å². The molecule has 1 fully saturated rings. The van der Waals surface area contributed by atoms with Gasteiger partial charge in [-0.25, -0.2) is 9.97 Å². The summed E-state index contributed by atoms with van der Waals surface area (Å²) in [6, 6.07) is 0. The van der Waals surface area contributed by atoms with Gasteiger partial charge in [-0.15, -0.1) is 0 Å². The third-order valence-corrected chi connectivity index (χ3v) is 6.12. The van der Waals surface area contributed by atoms with Crippen LogP contribution in [0, 0.1) is 13.8 Å². The first-order valence-corrected chi connectivity index (χ1v) is 10.2. The van der Waals surface area contributed by atoms with E-state index >= 15 is 0 Å². The second-order valence-corrected chi connectivity index (χ2v) is 7.94. The Hall–Kier alpha value is -1.73. The van der Waals surface area contributed by atoms with Crippen molar-refractivity contribution in [3.63, 3.8) is 0 Å². The smallest absolute Gasteiger partial charge is 0.225 e. The normalized spacial score (nSPS) is 27.3. The molecule has 3 rings (SSSR count). The summed E-state index contributed by atoms with van der Waals surface area (Å²) in [7, 11) is 0. The Morgan fingerprint density at radius 1 is 1.24 bits per heavy atom. The van der Waals surface area contributed by atoms with Crippen molar-refractivity contribution in [2.45, 2.75) is 57.5 Å². The zero-order chi connectivity index (χ0) is 21.1. The number of ether oxygens (including phenoxy) is 2. The van der Waals surface area contributed by atoms with E-state index in [1.54, 1.807) is 24.5 Å². The summed E-state index contributed by atoms with van der Waals surface area (Å²) >= 11 is 1.57. The molecule has 6 N–H and O–H groups in total. The molecule has 3 heterocycles. The van der Waals surface area contributed by atoms with E-state index in [2.05, 4.69) is 14.5 Å². The van der Waals surface area contributed by atoms with Gasteiger partial charge in [0.05, 0.1) is 23.7 Å². The van der Waals surface area contributed by atoms with Gasteiger partial charge in [0.25, 0.3) is 0 Å². The monoisotopic (exact) mass is 427 g/mol. The highest BCUT2D eigenvalue weighted by Gasteiger charge is 2.43. The fourth-order valence-electron chi connectivity index (χ4n) is 3.14. The molecule has 160 valence electrons. The molecule has 1 aliphatic rings. The van der Waals surface area contributed by atoms with E-state index in [9.17, 15) is 20.4 Å². The number of aliphatic hydroxyl groups excluding tert-OH is 4. The van der Waals surface area contributed by atoms with Crippen LogP contribution in [0.25, 0.3) is 0 Å². The van der Waals surface area contributed by atoms with Gasteiger partial charge in [0, 0.05) is 19.5 Å². The standard InChI is InChI=1S/C18H27N4O6S/c1-9-13(29-8-22(9)6-11-5-20-10(2)21-17(11)19)3-4-27-18-16(26)15(25)14(24)12(7-23)28-18/h5,8,12,14-16,18,23-26H,3-4,6-7H2,1-2H3,(H2,19,20,21)/q+1. The zero-order valence-electron chi connectivity index (χ0n) is 16.3. The molecular weight excluding hydrogens is 400 g/mol. The van der Waals surface area contributed by atoms with Gasteiger partial charge in [0.15, 0.2) is 18.5 Å². The number of hydrogen-bond donors (Lipinski definition) is 5. The van der Waals surface area contributed by atoms with Gasteiger partial charge in [-0.2, -0.15) is 4.57 Å². The number of thiazole rings is 1. The first-order valence-electron chi connectivity index (χ1n) is 9.28. The zero-order valence-corrected chi connectivity index (χ0v) is 17.1. The van der Waals surface area contributed by atoms with Gasteiger partial charge >= 0.3 is 0 Å². The molecule has 0 bridgehead atoms. The maximum Gasteiger partial charge on any atom is 0.225 e. The minimum atomic E-state index is -1.45. The van der Waals surface area contributed by atoms with Crippen LogP contribution in [0.15, 0.2) is 11.7 Å². The summed E-state index contributed by atoms with van der Waals surface area (Å²) < 4.78 is 13.0. The van der Waals surface area contributed by atoms with Crippen LogP contribution in [0.1, 0.15) is 22.0 Å². The minimum absolute atomic E-state index is 0.236. The molecule has 0 aromatic carbocycles. The Kier molecular flexibility index (Phi) is 7.11. The van der Waals surface area contributed by atoms with E-state index in [0.29, 0.717) is 24.6 Å². The third-order valence-electron chi connectivity index (χ3n) is 4.98. The topological polar surface area (TPSA) is 155 Å². The lowest BCUT2D eigenvalue weighted by Gasteiger charge is -2.39. The molecule has 29 heavy (non-hydrogen) atoms. The van der Waals surface area contributed by atoms with Crippen molar-refractivity contribution in [2.24, 2.45) is 0 Å². The quantitative estimate of drug-likeness (QED) is 0.330. The predicted octanol–water partition coefficient (Wildman–Crippen LogP) is -1.57. The van der Waals surface area contributed by atoms with Crippen molar-refractivity contribution in [1.29, 1.82) is 0 Å². The summed E-state index contributed by atoms with van der Waals surface area (Å²) in [5.74, 6) is 1.09.